The first kappa shape index (κ1) is 16.7. The Morgan fingerprint density at radius 1 is 1.28 bits per heavy atom. The zero-order valence-electron chi connectivity index (χ0n) is 14.1. The highest BCUT2D eigenvalue weighted by Gasteiger charge is 2.27. The number of aromatic nitrogens is 2. The van der Waals surface area contributed by atoms with Crippen LogP contribution in [0.1, 0.15) is 29.6 Å². The monoisotopic (exact) mass is 362 g/mol. The smallest absolute Gasteiger partial charge is 0.271 e. The van der Waals surface area contributed by atoms with E-state index < -0.39 is 0 Å². The molecule has 2 aliphatic heterocycles. The summed E-state index contributed by atoms with van der Waals surface area (Å²) in [5, 5.41) is 1.80. The number of amides is 1. The summed E-state index contributed by atoms with van der Waals surface area (Å²) in [7, 11) is 0. The van der Waals surface area contributed by atoms with Crippen molar-refractivity contribution in [3.8, 4) is 0 Å². The number of ether oxygens (including phenoxy) is 1. The lowest BCUT2D eigenvalue weighted by atomic mass is 10.2. The van der Waals surface area contributed by atoms with Gasteiger partial charge in [-0.2, -0.15) is 0 Å². The van der Waals surface area contributed by atoms with E-state index in [4.69, 9.17) is 4.74 Å². The van der Waals surface area contributed by atoms with Gasteiger partial charge in [0.05, 0.1) is 6.10 Å². The summed E-state index contributed by atoms with van der Waals surface area (Å²) in [4.78, 5) is 34.5. The van der Waals surface area contributed by atoms with Crippen molar-refractivity contribution in [2.24, 2.45) is 0 Å². The van der Waals surface area contributed by atoms with Gasteiger partial charge in [-0.15, -0.1) is 11.3 Å². The number of rotatable bonds is 3. The minimum absolute atomic E-state index is 0.00476. The minimum Gasteiger partial charge on any atom is -0.375 e. The van der Waals surface area contributed by atoms with Crippen LogP contribution in [0.3, 0.4) is 0 Å². The molecule has 0 radical (unpaired) electrons. The standard InChI is InChI=1S/C17H22N4O3S/c22-15(14-10-18-17-21(16(14)23)7-9-25-17)20-6-3-8-24-13(12-20)11-19-4-1-2-5-19/h7,9-10,13H,1-6,8,11-12H2/t13-/m0/s1. The molecule has 0 aromatic carbocycles. The molecule has 0 N–H and O–H groups in total. The van der Waals surface area contributed by atoms with Crippen molar-refractivity contribution in [1.29, 1.82) is 0 Å². The predicted octanol–water partition coefficient (Wildman–Crippen LogP) is 1.08. The van der Waals surface area contributed by atoms with E-state index in [9.17, 15) is 9.59 Å². The molecule has 25 heavy (non-hydrogen) atoms. The van der Waals surface area contributed by atoms with Crippen LogP contribution in [0.2, 0.25) is 0 Å². The van der Waals surface area contributed by atoms with Gasteiger partial charge in [-0.25, -0.2) is 4.98 Å². The number of nitrogens with zero attached hydrogens (tertiary/aromatic N) is 4. The zero-order chi connectivity index (χ0) is 17.2. The van der Waals surface area contributed by atoms with Crippen molar-refractivity contribution in [3.63, 3.8) is 0 Å². The van der Waals surface area contributed by atoms with E-state index in [1.54, 1.807) is 16.5 Å². The average molecular weight is 362 g/mol. The zero-order valence-corrected chi connectivity index (χ0v) is 14.9. The quantitative estimate of drug-likeness (QED) is 0.817. The Bertz CT molecular complexity index is 812. The van der Waals surface area contributed by atoms with Crippen LogP contribution in [0, 0.1) is 0 Å². The van der Waals surface area contributed by atoms with Crippen molar-refractivity contribution >= 4 is 22.2 Å². The molecule has 0 saturated carbocycles. The fraction of sp³-hybridized carbons (Fsp3) is 0.588. The second-order valence-electron chi connectivity index (χ2n) is 6.64. The molecule has 4 rings (SSSR count). The third-order valence-electron chi connectivity index (χ3n) is 4.87. The molecule has 0 aliphatic carbocycles. The van der Waals surface area contributed by atoms with Gasteiger partial charge in [-0.3, -0.25) is 14.0 Å². The first-order valence-corrected chi connectivity index (χ1v) is 9.68. The lowest BCUT2D eigenvalue weighted by Gasteiger charge is -2.26. The molecule has 134 valence electrons. The maximum absolute atomic E-state index is 12.9. The third kappa shape index (κ3) is 3.47. The van der Waals surface area contributed by atoms with E-state index in [1.165, 1.54) is 34.8 Å². The topological polar surface area (TPSA) is 67.2 Å². The highest BCUT2D eigenvalue weighted by atomic mass is 32.1. The number of fused-ring (bicyclic) bond motifs is 1. The summed E-state index contributed by atoms with van der Waals surface area (Å²) in [5.74, 6) is -0.241. The van der Waals surface area contributed by atoms with Gasteiger partial charge < -0.3 is 14.5 Å². The fourth-order valence-electron chi connectivity index (χ4n) is 3.58. The number of carbonyl (C=O) groups excluding carboxylic acids is 1. The Kier molecular flexibility index (Phi) is 4.82. The molecule has 0 bridgehead atoms. The first-order chi connectivity index (χ1) is 12.2. The Morgan fingerprint density at radius 3 is 2.96 bits per heavy atom. The summed E-state index contributed by atoms with van der Waals surface area (Å²) >= 11 is 1.38. The normalized spacial score (nSPS) is 22.4. The highest BCUT2D eigenvalue weighted by molar-refractivity contribution is 7.15. The van der Waals surface area contributed by atoms with Gasteiger partial charge in [0.25, 0.3) is 11.5 Å². The Morgan fingerprint density at radius 2 is 2.12 bits per heavy atom. The molecular formula is C17H22N4O3S. The molecule has 2 fully saturated rings. The molecular weight excluding hydrogens is 340 g/mol. The van der Waals surface area contributed by atoms with Crippen LogP contribution in [-0.2, 0) is 4.74 Å². The van der Waals surface area contributed by atoms with E-state index in [1.807, 2.05) is 0 Å². The number of hydrogen-bond acceptors (Lipinski definition) is 6. The van der Waals surface area contributed by atoms with E-state index in [-0.39, 0.29) is 23.1 Å². The van der Waals surface area contributed by atoms with Crippen LogP contribution in [0.5, 0.6) is 0 Å². The van der Waals surface area contributed by atoms with Crippen molar-refractivity contribution in [3.05, 3.63) is 33.7 Å². The first-order valence-electron chi connectivity index (χ1n) is 8.80. The maximum atomic E-state index is 12.9. The van der Waals surface area contributed by atoms with Crippen molar-refractivity contribution < 1.29 is 9.53 Å². The van der Waals surface area contributed by atoms with E-state index in [0.717, 1.165) is 26.1 Å². The highest BCUT2D eigenvalue weighted by Crippen LogP contribution is 2.14. The minimum atomic E-state index is -0.294. The third-order valence-corrected chi connectivity index (χ3v) is 5.64. The molecule has 4 heterocycles. The van der Waals surface area contributed by atoms with Gasteiger partial charge in [0.1, 0.15) is 5.56 Å². The van der Waals surface area contributed by atoms with Crippen LogP contribution in [0.25, 0.3) is 4.96 Å². The Hall–Kier alpha value is -1.77. The largest absolute Gasteiger partial charge is 0.375 e. The lowest BCUT2D eigenvalue weighted by molar-refractivity contribution is 0.0297. The fourth-order valence-corrected chi connectivity index (χ4v) is 4.26. The molecule has 2 aliphatic rings. The van der Waals surface area contributed by atoms with Gasteiger partial charge in [0.15, 0.2) is 4.96 Å². The molecule has 8 heteroatoms. The predicted molar refractivity (Wildman–Crippen MR) is 95.3 cm³/mol. The Labute approximate surface area is 149 Å². The second-order valence-corrected chi connectivity index (χ2v) is 7.51. The molecule has 0 spiro atoms. The van der Waals surface area contributed by atoms with Gasteiger partial charge in [0.2, 0.25) is 0 Å². The average Bonchev–Trinajstić information content (AvgIpc) is 3.24. The number of hydrogen-bond donors (Lipinski definition) is 0. The van der Waals surface area contributed by atoms with Gasteiger partial charge in [-0.1, -0.05) is 0 Å². The van der Waals surface area contributed by atoms with Crippen LogP contribution in [-0.4, -0.2) is 70.5 Å². The summed E-state index contributed by atoms with van der Waals surface area (Å²) in [5.41, 5.74) is -0.157. The second kappa shape index (κ2) is 7.23. The van der Waals surface area contributed by atoms with Gasteiger partial charge >= 0.3 is 0 Å². The van der Waals surface area contributed by atoms with Crippen LogP contribution >= 0.6 is 11.3 Å². The number of likely N-dealkylation sites (tertiary alicyclic amines) is 1. The molecule has 2 aromatic heterocycles. The molecule has 7 nitrogen and oxygen atoms in total. The summed E-state index contributed by atoms with van der Waals surface area (Å²) in [6.07, 6.45) is 6.34. The molecule has 2 aromatic rings. The van der Waals surface area contributed by atoms with Crippen LogP contribution in [0.4, 0.5) is 0 Å². The SMILES string of the molecule is O=C(c1cnc2sccn2c1=O)N1CCCO[C@@H](CN2CCCC2)C1. The van der Waals surface area contributed by atoms with Gasteiger partial charge in [0, 0.05) is 44.0 Å². The lowest BCUT2D eigenvalue weighted by Crippen LogP contribution is -2.43. The van der Waals surface area contributed by atoms with Crippen LogP contribution < -0.4 is 5.56 Å². The van der Waals surface area contributed by atoms with E-state index in [0.29, 0.717) is 24.7 Å². The Balaban J connectivity index is 1.52. The molecule has 1 atom stereocenters. The van der Waals surface area contributed by atoms with Crippen molar-refractivity contribution in [2.45, 2.75) is 25.4 Å². The maximum Gasteiger partial charge on any atom is 0.271 e. The molecule has 2 saturated heterocycles. The number of carbonyl (C=O) groups is 1. The van der Waals surface area contributed by atoms with E-state index in [2.05, 4.69) is 9.88 Å². The summed E-state index contributed by atoms with van der Waals surface area (Å²) < 4.78 is 7.37. The molecule has 1 amide bonds. The van der Waals surface area contributed by atoms with Gasteiger partial charge in [-0.05, 0) is 32.4 Å². The van der Waals surface area contributed by atoms with Crippen molar-refractivity contribution in [1.82, 2.24) is 19.2 Å². The van der Waals surface area contributed by atoms with E-state index >= 15 is 0 Å². The number of thiazole rings is 1. The summed E-state index contributed by atoms with van der Waals surface area (Å²) in [6, 6.07) is 0. The molecule has 0 unspecified atom stereocenters. The van der Waals surface area contributed by atoms with Crippen molar-refractivity contribution in [2.75, 3.05) is 39.3 Å². The van der Waals surface area contributed by atoms with Crippen LogP contribution in [0.15, 0.2) is 22.6 Å². The summed E-state index contributed by atoms with van der Waals surface area (Å²) in [6.45, 7) is 4.86.